The summed E-state index contributed by atoms with van der Waals surface area (Å²) in [5.41, 5.74) is 1.05. The van der Waals surface area contributed by atoms with Gasteiger partial charge in [0.1, 0.15) is 11.5 Å². The Balaban J connectivity index is 2.09. The number of hydrogen-bond acceptors (Lipinski definition) is 5. The van der Waals surface area contributed by atoms with Gasteiger partial charge in [0.25, 0.3) is 0 Å². The lowest BCUT2D eigenvalue weighted by molar-refractivity contribution is -0.116. The molecule has 28 heavy (non-hydrogen) atoms. The second-order valence-electron chi connectivity index (χ2n) is 6.16. The molecule has 7 nitrogen and oxygen atoms in total. The molecule has 0 fully saturated rings. The van der Waals surface area contributed by atoms with Crippen LogP contribution >= 0.6 is 0 Å². The fourth-order valence-electron chi connectivity index (χ4n) is 2.75. The fourth-order valence-corrected chi connectivity index (χ4v) is 4.24. The van der Waals surface area contributed by atoms with E-state index in [-0.39, 0.29) is 28.7 Å². The summed E-state index contributed by atoms with van der Waals surface area (Å²) >= 11 is 0. The van der Waals surface area contributed by atoms with E-state index in [0.717, 1.165) is 11.3 Å². The number of nitrogens with one attached hydrogen (secondary N) is 1. The number of nitrogens with zero attached hydrogens (tertiary/aromatic N) is 1. The Bertz CT molecular complexity index is 907. The Kier molecular flexibility index (Phi) is 7.42. The fraction of sp³-hybridized carbons (Fsp3) is 0.350. The number of methoxy groups -OCH3 is 1. The zero-order valence-electron chi connectivity index (χ0n) is 16.3. The molecule has 2 aromatic rings. The molecule has 0 radical (unpaired) electrons. The quantitative estimate of drug-likeness (QED) is 0.624. The van der Waals surface area contributed by atoms with Crippen LogP contribution in [0.1, 0.15) is 25.8 Å². The van der Waals surface area contributed by atoms with Gasteiger partial charge in [-0.3, -0.25) is 4.79 Å². The SMILES string of the molecule is CCN(CC)S(=O)(=O)c1ccc(O)c(NC(=O)CCc2ccc(OC)cc2)c1. The van der Waals surface area contributed by atoms with Gasteiger partial charge in [0, 0.05) is 19.5 Å². The second-order valence-corrected chi connectivity index (χ2v) is 8.10. The van der Waals surface area contributed by atoms with Crippen LogP contribution in [0, 0.1) is 0 Å². The summed E-state index contributed by atoms with van der Waals surface area (Å²) in [6, 6.07) is 11.3. The van der Waals surface area contributed by atoms with Gasteiger partial charge >= 0.3 is 0 Å². The highest BCUT2D eigenvalue weighted by molar-refractivity contribution is 7.89. The maximum atomic E-state index is 12.6. The molecular weight excluding hydrogens is 380 g/mol. The molecule has 2 N–H and O–H groups in total. The van der Waals surface area contributed by atoms with Crippen molar-refractivity contribution < 1.29 is 23.1 Å². The Morgan fingerprint density at radius 1 is 1.11 bits per heavy atom. The number of aromatic hydroxyl groups is 1. The van der Waals surface area contributed by atoms with Crippen LogP contribution in [-0.4, -0.2) is 43.9 Å². The first-order chi connectivity index (χ1) is 13.3. The number of ether oxygens (including phenoxy) is 1. The van der Waals surface area contributed by atoms with Gasteiger partial charge in [-0.2, -0.15) is 4.31 Å². The number of carbonyl (C=O) groups excluding carboxylic acids is 1. The van der Waals surface area contributed by atoms with E-state index in [9.17, 15) is 18.3 Å². The molecule has 152 valence electrons. The predicted octanol–water partition coefficient (Wildman–Crippen LogP) is 3.00. The summed E-state index contributed by atoms with van der Waals surface area (Å²) in [6.07, 6.45) is 0.701. The van der Waals surface area contributed by atoms with Crippen LogP contribution < -0.4 is 10.1 Å². The Labute approximate surface area is 166 Å². The molecule has 0 saturated carbocycles. The summed E-state index contributed by atoms with van der Waals surface area (Å²) in [7, 11) is -2.09. The van der Waals surface area contributed by atoms with E-state index in [4.69, 9.17) is 4.74 Å². The number of anilines is 1. The predicted molar refractivity (Wildman–Crippen MR) is 108 cm³/mol. The molecule has 0 bridgehead atoms. The molecule has 0 spiro atoms. The minimum absolute atomic E-state index is 0.0273. The van der Waals surface area contributed by atoms with Gasteiger partial charge in [-0.15, -0.1) is 0 Å². The van der Waals surface area contributed by atoms with Crippen LogP contribution in [-0.2, 0) is 21.2 Å². The van der Waals surface area contributed by atoms with Crippen LogP contribution in [0.3, 0.4) is 0 Å². The van der Waals surface area contributed by atoms with Crippen molar-refractivity contribution >= 4 is 21.6 Å². The number of rotatable bonds is 9. The number of hydrogen-bond donors (Lipinski definition) is 2. The van der Waals surface area contributed by atoms with Crippen molar-refractivity contribution in [3.8, 4) is 11.5 Å². The molecule has 0 aliphatic rings. The molecule has 0 atom stereocenters. The van der Waals surface area contributed by atoms with E-state index in [0.29, 0.717) is 19.5 Å². The molecule has 2 aromatic carbocycles. The summed E-state index contributed by atoms with van der Waals surface area (Å²) in [6.45, 7) is 4.18. The highest BCUT2D eigenvalue weighted by Gasteiger charge is 2.23. The first-order valence-electron chi connectivity index (χ1n) is 9.07. The van der Waals surface area contributed by atoms with E-state index >= 15 is 0 Å². The maximum absolute atomic E-state index is 12.6. The van der Waals surface area contributed by atoms with Crippen molar-refractivity contribution in [3.63, 3.8) is 0 Å². The molecule has 0 unspecified atom stereocenters. The number of carbonyl (C=O) groups is 1. The first-order valence-corrected chi connectivity index (χ1v) is 10.5. The van der Waals surface area contributed by atoms with Crippen molar-refractivity contribution in [2.45, 2.75) is 31.6 Å². The third-order valence-corrected chi connectivity index (χ3v) is 6.43. The van der Waals surface area contributed by atoms with Crippen LogP contribution in [0.15, 0.2) is 47.4 Å². The minimum Gasteiger partial charge on any atom is -0.506 e. The summed E-state index contributed by atoms with van der Waals surface area (Å²) in [5.74, 6) is 0.240. The van der Waals surface area contributed by atoms with Gasteiger partial charge in [0.05, 0.1) is 17.7 Å². The number of aryl methyl sites for hydroxylation is 1. The van der Waals surface area contributed by atoms with Gasteiger partial charge in [-0.05, 0) is 42.3 Å². The maximum Gasteiger partial charge on any atom is 0.243 e. The van der Waals surface area contributed by atoms with Crippen LogP contribution in [0.4, 0.5) is 5.69 Å². The van der Waals surface area contributed by atoms with E-state index in [1.165, 1.54) is 22.5 Å². The average Bonchev–Trinajstić information content (AvgIpc) is 2.69. The third kappa shape index (κ3) is 5.24. The molecule has 8 heteroatoms. The molecule has 0 saturated heterocycles. The van der Waals surface area contributed by atoms with Crippen molar-refractivity contribution in [1.82, 2.24) is 4.31 Å². The van der Waals surface area contributed by atoms with E-state index in [1.54, 1.807) is 21.0 Å². The van der Waals surface area contributed by atoms with Crippen molar-refractivity contribution in [2.24, 2.45) is 0 Å². The number of phenols is 1. The summed E-state index contributed by atoms with van der Waals surface area (Å²) in [5, 5.41) is 12.6. The van der Waals surface area contributed by atoms with E-state index < -0.39 is 10.0 Å². The minimum atomic E-state index is -3.68. The lowest BCUT2D eigenvalue weighted by Gasteiger charge is -2.19. The lowest BCUT2D eigenvalue weighted by atomic mass is 10.1. The normalized spacial score (nSPS) is 11.4. The van der Waals surface area contributed by atoms with Gasteiger partial charge in [0.2, 0.25) is 15.9 Å². The first kappa shape index (κ1) is 21.7. The molecular formula is C20H26N2O5S. The zero-order chi connectivity index (χ0) is 20.7. The summed E-state index contributed by atoms with van der Waals surface area (Å²) < 4.78 is 31.7. The topological polar surface area (TPSA) is 95.9 Å². The van der Waals surface area contributed by atoms with Crippen molar-refractivity contribution in [2.75, 3.05) is 25.5 Å². The molecule has 2 rings (SSSR count). The molecule has 0 aromatic heterocycles. The highest BCUT2D eigenvalue weighted by Crippen LogP contribution is 2.28. The van der Waals surface area contributed by atoms with Gasteiger partial charge in [-0.1, -0.05) is 26.0 Å². The Morgan fingerprint density at radius 2 is 1.75 bits per heavy atom. The van der Waals surface area contributed by atoms with Crippen LogP contribution in [0.25, 0.3) is 0 Å². The molecule has 0 aliphatic heterocycles. The Hall–Kier alpha value is -2.58. The van der Waals surface area contributed by atoms with Gasteiger partial charge in [-0.25, -0.2) is 8.42 Å². The van der Waals surface area contributed by atoms with E-state index in [2.05, 4.69) is 5.32 Å². The van der Waals surface area contributed by atoms with Gasteiger partial charge in [0.15, 0.2) is 0 Å². The Morgan fingerprint density at radius 3 is 2.32 bits per heavy atom. The second kappa shape index (κ2) is 9.57. The number of amides is 1. The number of sulfonamides is 1. The van der Waals surface area contributed by atoms with Crippen molar-refractivity contribution in [3.05, 3.63) is 48.0 Å². The number of benzene rings is 2. The molecule has 1 amide bonds. The smallest absolute Gasteiger partial charge is 0.243 e. The average molecular weight is 407 g/mol. The molecule has 0 aliphatic carbocycles. The molecule has 0 heterocycles. The van der Waals surface area contributed by atoms with Crippen LogP contribution in [0.2, 0.25) is 0 Å². The monoisotopic (exact) mass is 406 g/mol. The largest absolute Gasteiger partial charge is 0.506 e. The van der Waals surface area contributed by atoms with Gasteiger partial charge < -0.3 is 15.2 Å². The van der Waals surface area contributed by atoms with E-state index in [1.807, 2.05) is 24.3 Å². The summed E-state index contributed by atoms with van der Waals surface area (Å²) in [4.78, 5) is 12.3. The van der Waals surface area contributed by atoms with Crippen molar-refractivity contribution in [1.29, 1.82) is 0 Å². The van der Waals surface area contributed by atoms with Crippen LogP contribution in [0.5, 0.6) is 11.5 Å². The highest BCUT2D eigenvalue weighted by atomic mass is 32.2. The third-order valence-electron chi connectivity index (χ3n) is 4.39. The standard InChI is InChI=1S/C20H26N2O5S/c1-4-22(5-2)28(25,26)17-11-12-19(23)18(14-17)21-20(24)13-8-15-6-9-16(27-3)10-7-15/h6-7,9-12,14,23H,4-5,8,13H2,1-3H3,(H,21,24). The lowest BCUT2D eigenvalue weighted by Crippen LogP contribution is -2.30. The zero-order valence-corrected chi connectivity index (χ0v) is 17.1. The number of phenolic OH excluding ortho intramolecular Hbond substituents is 1.